The molecule has 1 amide bonds. The van der Waals surface area contributed by atoms with Gasteiger partial charge in [-0.1, -0.05) is 31.9 Å². The van der Waals surface area contributed by atoms with Gasteiger partial charge in [-0.2, -0.15) is 0 Å². The second-order valence-corrected chi connectivity index (χ2v) is 5.81. The summed E-state index contributed by atoms with van der Waals surface area (Å²) >= 11 is 6.44. The summed E-state index contributed by atoms with van der Waals surface area (Å²) in [5.41, 5.74) is 0.514. The van der Waals surface area contributed by atoms with E-state index in [9.17, 15) is 13.6 Å². The molecule has 0 bridgehead atoms. The quantitative estimate of drug-likeness (QED) is 0.805. The van der Waals surface area contributed by atoms with Gasteiger partial charge < -0.3 is 5.32 Å². The molecule has 0 aliphatic carbocycles. The molecule has 6 heteroatoms. The van der Waals surface area contributed by atoms with E-state index in [1.807, 2.05) is 0 Å². The summed E-state index contributed by atoms with van der Waals surface area (Å²) in [7, 11) is 0. The molecule has 0 spiro atoms. The Hall–Kier alpha value is -1.27. The molecule has 1 N–H and O–H groups in total. The molecule has 2 nitrogen and oxygen atoms in total. The number of carbonyl (C=O) groups is 1. The fourth-order valence-corrected chi connectivity index (χ4v) is 2.37. The molecular formula is C14H9Br2F2NO. The normalized spacial score (nSPS) is 10.4. The minimum Gasteiger partial charge on any atom is -0.348 e. The van der Waals surface area contributed by atoms with Crippen molar-refractivity contribution < 1.29 is 13.6 Å². The van der Waals surface area contributed by atoms with E-state index in [-0.39, 0.29) is 12.1 Å². The van der Waals surface area contributed by atoms with Crippen molar-refractivity contribution in [2.45, 2.75) is 6.54 Å². The molecule has 0 radical (unpaired) electrons. The van der Waals surface area contributed by atoms with Crippen LogP contribution in [-0.4, -0.2) is 5.91 Å². The van der Waals surface area contributed by atoms with Crippen LogP contribution < -0.4 is 5.32 Å². The van der Waals surface area contributed by atoms with Crippen molar-refractivity contribution in [2.75, 3.05) is 0 Å². The second-order valence-electron chi connectivity index (χ2n) is 4.04. The van der Waals surface area contributed by atoms with E-state index in [4.69, 9.17) is 0 Å². The number of nitrogens with one attached hydrogen (secondary N) is 1. The molecule has 104 valence electrons. The zero-order valence-corrected chi connectivity index (χ0v) is 13.3. The van der Waals surface area contributed by atoms with E-state index in [2.05, 4.69) is 37.2 Å². The van der Waals surface area contributed by atoms with Crippen molar-refractivity contribution in [3.05, 3.63) is 68.1 Å². The van der Waals surface area contributed by atoms with Crippen LogP contribution in [0.3, 0.4) is 0 Å². The predicted molar refractivity (Wildman–Crippen MR) is 79.4 cm³/mol. The molecule has 0 heterocycles. The van der Waals surface area contributed by atoms with Crippen LogP contribution in [0.4, 0.5) is 8.78 Å². The van der Waals surface area contributed by atoms with Crippen molar-refractivity contribution >= 4 is 37.8 Å². The largest absolute Gasteiger partial charge is 0.348 e. The van der Waals surface area contributed by atoms with E-state index >= 15 is 0 Å². The van der Waals surface area contributed by atoms with Gasteiger partial charge in [0, 0.05) is 15.5 Å². The van der Waals surface area contributed by atoms with Crippen molar-refractivity contribution in [1.29, 1.82) is 0 Å². The average Bonchev–Trinajstić information content (AvgIpc) is 2.42. The highest BCUT2D eigenvalue weighted by Gasteiger charge is 2.12. The van der Waals surface area contributed by atoms with Crippen LogP contribution in [0.2, 0.25) is 0 Å². The Morgan fingerprint density at radius 3 is 2.60 bits per heavy atom. The Bertz CT molecular complexity index is 662. The fourth-order valence-electron chi connectivity index (χ4n) is 1.62. The van der Waals surface area contributed by atoms with Crippen LogP contribution in [0.5, 0.6) is 0 Å². The molecule has 0 saturated heterocycles. The Kier molecular flexibility index (Phi) is 4.88. The van der Waals surface area contributed by atoms with Crippen LogP contribution in [0.1, 0.15) is 15.9 Å². The van der Waals surface area contributed by atoms with Crippen LogP contribution in [0, 0.1) is 11.6 Å². The lowest BCUT2D eigenvalue weighted by molar-refractivity contribution is 0.0946. The average molecular weight is 405 g/mol. The standard InChI is InChI=1S/C14H9Br2F2NO/c15-9-1-4-13(18)11(6-9)14(20)19-7-8-5-10(17)2-3-12(8)16/h1-6H,7H2,(H,19,20). The predicted octanol–water partition coefficient (Wildman–Crippen LogP) is 4.42. The maximum atomic E-state index is 13.5. The smallest absolute Gasteiger partial charge is 0.254 e. The first-order chi connectivity index (χ1) is 9.47. The SMILES string of the molecule is O=C(NCc1cc(F)ccc1Br)c1cc(Br)ccc1F. The molecule has 2 aromatic rings. The number of amides is 1. The number of halogens is 4. The van der Waals surface area contributed by atoms with Crippen LogP contribution in [-0.2, 0) is 6.54 Å². The van der Waals surface area contributed by atoms with Gasteiger partial charge in [0.05, 0.1) is 5.56 Å². The van der Waals surface area contributed by atoms with Crippen LogP contribution in [0.15, 0.2) is 45.3 Å². The minimum atomic E-state index is -0.607. The lowest BCUT2D eigenvalue weighted by Gasteiger charge is -2.08. The Balaban J connectivity index is 2.12. The molecule has 0 atom stereocenters. The van der Waals surface area contributed by atoms with E-state index in [1.165, 1.54) is 30.3 Å². The monoisotopic (exact) mass is 403 g/mol. The maximum absolute atomic E-state index is 13.5. The molecule has 0 aliphatic heterocycles. The second kappa shape index (κ2) is 6.45. The number of hydrogen-bond acceptors (Lipinski definition) is 1. The van der Waals surface area contributed by atoms with Gasteiger partial charge in [-0.3, -0.25) is 4.79 Å². The van der Waals surface area contributed by atoms with Crippen molar-refractivity contribution in [1.82, 2.24) is 5.32 Å². The molecule has 0 aromatic heterocycles. The summed E-state index contributed by atoms with van der Waals surface area (Å²) < 4.78 is 27.9. The highest BCUT2D eigenvalue weighted by atomic mass is 79.9. The molecule has 2 rings (SSSR count). The third kappa shape index (κ3) is 3.64. The third-order valence-electron chi connectivity index (χ3n) is 2.62. The highest BCUT2D eigenvalue weighted by Crippen LogP contribution is 2.19. The first-order valence-corrected chi connectivity index (χ1v) is 7.23. The van der Waals surface area contributed by atoms with Crippen LogP contribution >= 0.6 is 31.9 Å². The zero-order valence-electron chi connectivity index (χ0n) is 10.1. The van der Waals surface area contributed by atoms with Crippen molar-refractivity contribution in [3.63, 3.8) is 0 Å². The fraction of sp³-hybridized carbons (Fsp3) is 0.0714. The molecule has 0 unspecified atom stereocenters. The molecule has 0 fully saturated rings. The van der Waals surface area contributed by atoms with Crippen molar-refractivity contribution in [2.24, 2.45) is 0 Å². The summed E-state index contributed by atoms with van der Waals surface area (Å²) in [6.07, 6.45) is 0. The number of carbonyl (C=O) groups excluding carboxylic acids is 1. The Morgan fingerprint density at radius 2 is 1.85 bits per heavy atom. The number of benzene rings is 2. The topological polar surface area (TPSA) is 29.1 Å². The minimum absolute atomic E-state index is 0.0631. The molecule has 0 saturated carbocycles. The molecule has 2 aromatic carbocycles. The summed E-state index contributed by atoms with van der Waals surface area (Å²) in [5, 5.41) is 2.55. The highest BCUT2D eigenvalue weighted by molar-refractivity contribution is 9.10. The summed E-state index contributed by atoms with van der Waals surface area (Å²) in [5.74, 6) is -1.56. The van der Waals surface area contributed by atoms with Gasteiger partial charge in [0.15, 0.2) is 0 Å². The van der Waals surface area contributed by atoms with Gasteiger partial charge >= 0.3 is 0 Å². The zero-order chi connectivity index (χ0) is 14.7. The van der Waals surface area contributed by atoms with Gasteiger partial charge in [0.1, 0.15) is 11.6 Å². The van der Waals surface area contributed by atoms with Crippen LogP contribution in [0.25, 0.3) is 0 Å². The summed E-state index contributed by atoms with van der Waals surface area (Å²) in [6.45, 7) is 0.100. The summed E-state index contributed by atoms with van der Waals surface area (Å²) in [6, 6.07) is 8.28. The Labute approximate surface area is 131 Å². The number of rotatable bonds is 3. The molecular weight excluding hydrogens is 396 g/mol. The van der Waals surface area contributed by atoms with Gasteiger partial charge in [0.25, 0.3) is 5.91 Å². The number of hydrogen-bond donors (Lipinski definition) is 1. The van der Waals surface area contributed by atoms with E-state index in [1.54, 1.807) is 6.07 Å². The van der Waals surface area contributed by atoms with Crippen molar-refractivity contribution in [3.8, 4) is 0 Å². The molecule has 20 heavy (non-hydrogen) atoms. The Morgan fingerprint density at radius 1 is 1.10 bits per heavy atom. The van der Waals surface area contributed by atoms with E-state index in [0.29, 0.717) is 14.5 Å². The van der Waals surface area contributed by atoms with E-state index < -0.39 is 17.5 Å². The first kappa shape index (κ1) is 15.1. The maximum Gasteiger partial charge on any atom is 0.254 e. The van der Waals surface area contributed by atoms with Gasteiger partial charge in [0.2, 0.25) is 0 Å². The van der Waals surface area contributed by atoms with Gasteiger partial charge in [-0.05, 0) is 42.0 Å². The summed E-state index contributed by atoms with van der Waals surface area (Å²) in [4.78, 5) is 11.9. The lowest BCUT2D eigenvalue weighted by Crippen LogP contribution is -2.24. The van der Waals surface area contributed by atoms with Gasteiger partial charge in [-0.15, -0.1) is 0 Å². The van der Waals surface area contributed by atoms with Gasteiger partial charge in [-0.25, -0.2) is 8.78 Å². The third-order valence-corrected chi connectivity index (χ3v) is 3.89. The lowest BCUT2D eigenvalue weighted by atomic mass is 10.2. The first-order valence-electron chi connectivity index (χ1n) is 5.64. The molecule has 0 aliphatic rings. The van der Waals surface area contributed by atoms with E-state index in [0.717, 1.165) is 0 Å².